The third-order valence-electron chi connectivity index (χ3n) is 3.65. The maximum absolute atomic E-state index is 11.6. The van der Waals surface area contributed by atoms with Crippen LogP contribution in [0.5, 0.6) is 0 Å². The Kier molecular flexibility index (Phi) is 3.49. The molecule has 86 valence electrons. The van der Waals surface area contributed by atoms with Gasteiger partial charge in [0.2, 0.25) is 0 Å². The zero-order chi connectivity index (χ0) is 10.7. The Morgan fingerprint density at radius 2 is 1.60 bits per heavy atom. The van der Waals surface area contributed by atoms with E-state index < -0.39 is 0 Å². The van der Waals surface area contributed by atoms with E-state index in [-0.39, 0.29) is 6.03 Å². The van der Waals surface area contributed by atoms with Crippen molar-refractivity contribution in [3.8, 4) is 0 Å². The molecule has 0 atom stereocenters. The summed E-state index contributed by atoms with van der Waals surface area (Å²) < 4.78 is 0. The van der Waals surface area contributed by atoms with Crippen LogP contribution in [-0.4, -0.2) is 18.1 Å². The van der Waals surface area contributed by atoms with E-state index >= 15 is 0 Å². The Bertz CT molecular complexity index is 218. The third kappa shape index (κ3) is 3.11. The topological polar surface area (TPSA) is 41.1 Å². The zero-order valence-corrected chi connectivity index (χ0v) is 9.59. The number of amides is 2. The molecule has 0 bridgehead atoms. The number of nitrogens with one attached hydrogen (secondary N) is 2. The molecule has 15 heavy (non-hydrogen) atoms. The lowest BCUT2D eigenvalue weighted by atomic mass is 9.82. The van der Waals surface area contributed by atoms with Gasteiger partial charge < -0.3 is 10.6 Å². The quantitative estimate of drug-likeness (QED) is 0.722. The van der Waals surface area contributed by atoms with Gasteiger partial charge in [0, 0.05) is 12.1 Å². The van der Waals surface area contributed by atoms with Crippen molar-refractivity contribution in [3.05, 3.63) is 0 Å². The van der Waals surface area contributed by atoms with Gasteiger partial charge in [-0.1, -0.05) is 26.2 Å². The summed E-state index contributed by atoms with van der Waals surface area (Å²) in [5.41, 5.74) is 0. The minimum atomic E-state index is 0.0544. The number of urea groups is 1. The van der Waals surface area contributed by atoms with Crippen LogP contribution in [0, 0.1) is 5.92 Å². The molecule has 0 aromatic carbocycles. The van der Waals surface area contributed by atoms with Gasteiger partial charge in [-0.3, -0.25) is 0 Å². The molecule has 0 radical (unpaired) electrons. The fraction of sp³-hybridized carbons (Fsp3) is 0.917. The molecule has 2 N–H and O–H groups in total. The van der Waals surface area contributed by atoms with Crippen LogP contribution >= 0.6 is 0 Å². The Balaban J connectivity index is 1.63. The summed E-state index contributed by atoms with van der Waals surface area (Å²) in [5.74, 6) is 0.796. The second-order valence-corrected chi connectivity index (χ2v) is 5.23. The van der Waals surface area contributed by atoms with Gasteiger partial charge in [-0.25, -0.2) is 4.79 Å². The SMILES string of the molecule is CC1CC(NC(=O)NC2CCCCC2)C1. The number of rotatable bonds is 2. The summed E-state index contributed by atoms with van der Waals surface area (Å²) in [7, 11) is 0. The van der Waals surface area contributed by atoms with Crippen LogP contribution < -0.4 is 10.6 Å². The highest BCUT2D eigenvalue weighted by Gasteiger charge is 2.27. The number of hydrogen-bond donors (Lipinski definition) is 2. The van der Waals surface area contributed by atoms with E-state index in [1.807, 2.05) is 0 Å². The summed E-state index contributed by atoms with van der Waals surface area (Å²) >= 11 is 0. The first kappa shape index (κ1) is 10.8. The average Bonchev–Trinajstić information content (AvgIpc) is 2.17. The van der Waals surface area contributed by atoms with E-state index in [2.05, 4.69) is 17.6 Å². The molecule has 2 aliphatic carbocycles. The van der Waals surface area contributed by atoms with Gasteiger partial charge in [0.1, 0.15) is 0 Å². The molecule has 0 saturated heterocycles. The molecule has 0 aliphatic heterocycles. The largest absolute Gasteiger partial charge is 0.335 e. The second-order valence-electron chi connectivity index (χ2n) is 5.23. The first-order chi connectivity index (χ1) is 7.24. The smallest absolute Gasteiger partial charge is 0.315 e. The standard InChI is InChI=1S/C12H22N2O/c1-9-7-11(8-9)14-12(15)13-10-5-3-2-4-6-10/h9-11H,2-8H2,1H3,(H2,13,14,15). The van der Waals surface area contributed by atoms with Gasteiger partial charge in [-0.05, 0) is 31.6 Å². The van der Waals surface area contributed by atoms with E-state index in [1.165, 1.54) is 19.3 Å². The lowest BCUT2D eigenvalue weighted by Crippen LogP contribution is -2.50. The molecule has 0 heterocycles. The lowest BCUT2D eigenvalue weighted by molar-refractivity contribution is 0.204. The highest BCUT2D eigenvalue weighted by atomic mass is 16.2. The molecule has 0 spiro atoms. The van der Waals surface area contributed by atoms with Gasteiger partial charge >= 0.3 is 6.03 Å². The number of carbonyl (C=O) groups is 1. The van der Waals surface area contributed by atoms with Crippen LogP contribution in [0.2, 0.25) is 0 Å². The Labute approximate surface area is 92.0 Å². The predicted octanol–water partition coefficient (Wildman–Crippen LogP) is 2.42. The van der Waals surface area contributed by atoms with Crippen LogP contribution in [0.15, 0.2) is 0 Å². The van der Waals surface area contributed by atoms with Crippen LogP contribution in [0.4, 0.5) is 4.79 Å². The van der Waals surface area contributed by atoms with Crippen molar-refractivity contribution >= 4 is 6.03 Å². The van der Waals surface area contributed by atoms with Crippen LogP contribution in [0.25, 0.3) is 0 Å². The Morgan fingerprint density at radius 3 is 2.20 bits per heavy atom. The van der Waals surface area contributed by atoms with Crippen LogP contribution in [0.3, 0.4) is 0 Å². The zero-order valence-electron chi connectivity index (χ0n) is 9.59. The van der Waals surface area contributed by atoms with Gasteiger partial charge in [0.15, 0.2) is 0 Å². The first-order valence-electron chi connectivity index (χ1n) is 6.31. The van der Waals surface area contributed by atoms with Crippen LogP contribution in [-0.2, 0) is 0 Å². The van der Waals surface area contributed by atoms with Gasteiger partial charge in [0.25, 0.3) is 0 Å². The molecule has 2 fully saturated rings. The Hall–Kier alpha value is -0.730. The van der Waals surface area contributed by atoms with E-state index in [9.17, 15) is 4.79 Å². The maximum atomic E-state index is 11.6. The molecule has 3 nitrogen and oxygen atoms in total. The van der Waals surface area contributed by atoms with Gasteiger partial charge in [0.05, 0.1) is 0 Å². The molecule has 0 aromatic heterocycles. The fourth-order valence-electron chi connectivity index (χ4n) is 2.68. The van der Waals surface area contributed by atoms with E-state index in [0.717, 1.165) is 31.6 Å². The maximum Gasteiger partial charge on any atom is 0.315 e. The van der Waals surface area contributed by atoms with E-state index in [1.54, 1.807) is 0 Å². The lowest BCUT2D eigenvalue weighted by Gasteiger charge is -2.34. The monoisotopic (exact) mass is 210 g/mol. The summed E-state index contributed by atoms with van der Waals surface area (Å²) in [6.07, 6.45) is 8.50. The minimum Gasteiger partial charge on any atom is -0.335 e. The van der Waals surface area contributed by atoms with Gasteiger partial charge in [-0.2, -0.15) is 0 Å². The molecule has 3 heteroatoms. The third-order valence-corrected chi connectivity index (χ3v) is 3.65. The molecular formula is C12H22N2O. The Morgan fingerprint density at radius 1 is 1.00 bits per heavy atom. The van der Waals surface area contributed by atoms with E-state index in [4.69, 9.17) is 0 Å². The molecule has 2 saturated carbocycles. The normalized spacial score (nSPS) is 31.8. The van der Waals surface area contributed by atoms with Gasteiger partial charge in [-0.15, -0.1) is 0 Å². The van der Waals surface area contributed by atoms with Crippen LogP contribution in [0.1, 0.15) is 51.9 Å². The predicted molar refractivity (Wildman–Crippen MR) is 60.7 cm³/mol. The second kappa shape index (κ2) is 4.86. The molecule has 2 rings (SSSR count). The van der Waals surface area contributed by atoms with E-state index in [0.29, 0.717) is 12.1 Å². The average molecular weight is 210 g/mol. The molecule has 0 unspecified atom stereocenters. The van der Waals surface area contributed by atoms with Crippen molar-refractivity contribution in [3.63, 3.8) is 0 Å². The highest BCUT2D eigenvalue weighted by Crippen LogP contribution is 2.26. The molecule has 2 aliphatic rings. The summed E-state index contributed by atoms with van der Waals surface area (Å²) in [6.45, 7) is 2.23. The fourth-order valence-corrected chi connectivity index (χ4v) is 2.68. The molecule has 0 aromatic rings. The van der Waals surface area contributed by atoms with Crippen molar-refractivity contribution < 1.29 is 4.79 Å². The van der Waals surface area contributed by atoms with Crippen molar-refractivity contribution in [1.82, 2.24) is 10.6 Å². The summed E-state index contributed by atoms with van der Waals surface area (Å²) in [5, 5.41) is 6.13. The number of hydrogen-bond acceptors (Lipinski definition) is 1. The molecule has 2 amide bonds. The minimum absolute atomic E-state index is 0.0544. The van der Waals surface area contributed by atoms with Crippen molar-refractivity contribution in [1.29, 1.82) is 0 Å². The van der Waals surface area contributed by atoms with Crippen molar-refractivity contribution in [2.45, 2.75) is 64.0 Å². The molecular weight excluding hydrogens is 188 g/mol. The summed E-state index contributed by atoms with van der Waals surface area (Å²) in [4.78, 5) is 11.6. The first-order valence-corrected chi connectivity index (χ1v) is 6.31. The number of carbonyl (C=O) groups excluding carboxylic acids is 1. The van der Waals surface area contributed by atoms with Crippen molar-refractivity contribution in [2.24, 2.45) is 5.92 Å². The van der Waals surface area contributed by atoms with Crippen molar-refractivity contribution in [2.75, 3.05) is 0 Å². The summed E-state index contributed by atoms with van der Waals surface area (Å²) in [6, 6.07) is 0.915. The highest BCUT2D eigenvalue weighted by molar-refractivity contribution is 5.74.